The maximum Gasteiger partial charge on any atom is 0.326 e. The predicted octanol–water partition coefficient (Wildman–Crippen LogP) is 1.41. The van der Waals surface area contributed by atoms with Crippen LogP contribution in [0.1, 0.15) is 15.9 Å². The molecule has 6 nitrogen and oxygen atoms in total. The second-order valence-electron chi connectivity index (χ2n) is 4.25. The number of aliphatic carboxylic acids is 1. The highest BCUT2D eigenvalue weighted by molar-refractivity contribution is 5.96. The number of aromatic hydroxyl groups is 1. The number of nitrogens with one attached hydrogen (secondary N) is 1. The number of hydrogen-bond donors (Lipinski definition) is 3. The van der Waals surface area contributed by atoms with Gasteiger partial charge >= 0.3 is 5.97 Å². The Bertz CT molecular complexity index is 589. The first-order valence-electron chi connectivity index (χ1n) is 5.90. The third-order valence-corrected chi connectivity index (χ3v) is 2.76. The van der Waals surface area contributed by atoms with Crippen LogP contribution in [0.2, 0.25) is 0 Å². The molecule has 0 fully saturated rings. The van der Waals surface area contributed by atoms with Gasteiger partial charge in [0.2, 0.25) is 0 Å². The number of phenols is 1. The molecule has 0 aliphatic carbocycles. The smallest absolute Gasteiger partial charge is 0.326 e. The van der Waals surface area contributed by atoms with Gasteiger partial charge in [-0.25, -0.2) is 4.79 Å². The Morgan fingerprint density at radius 2 is 1.90 bits per heavy atom. The van der Waals surface area contributed by atoms with Crippen LogP contribution in [0.4, 0.5) is 0 Å². The van der Waals surface area contributed by atoms with Crippen LogP contribution in [0.3, 0.4) is 0 Å². The fourth-order valence-corrected chi connectivity index (χ4v) is 1.70. The van der Waals surface area contributed by atoms with Crippen molar-refractivity contribution in [1.29, 1.82) is 0 Å². The zero-order chi connectivity index (χ0) is 14.5. The van der Waals surface area contributed by atoms with E-state index in [4.69, 9.17) is 9.52 Å². The summed E-state index contributed by atoms with van der Waals surface area (Å²) in [5.41, 5.74) is 0.963. The number of carbonyl (C=O) groups is 2. The van der Waals surface area contributed by atoms with Gasteiger partial charge < -0.3 is 19.9 Å². The highest BCUT2D eigenvalue weighted by Gasteiger charge is 2.21. The van der Waals surface area contributed by atoms with Crippen molar-refractivity contribution in [3.8, 4) is 5.75 Å². The lowest BCUT2D eigenvalue weighted by atomic mass is 10.1. The van der Waals surface area contributed by atoms with Crippen molar-refractivity contribution in [3.05, 3.63) is 54.0 Å². The van der Waals surface area contributed by atoms with E-state index in [1.165, 1.54) is 30.7 Å². The summed E-state index contributed by atoms with van der Waals surface area (Å²) in [5.74, 6) is -1.54. The monoisotopic (exact) mass is 275 g/mol. The molecule has 3 N–H and O–H groups in total. The van der Waals surface area contributed by atoms with Crippen LogP contribution >= 0.6 is 0 Å². The van der Waals surface area contributed by atoms with Gasteiger partial charge in [-0.1, -0.05) is 12.1 Å². The minimum absolute atomic E-state index is 0.100. The summed E-state index contributed by atoms with van der Waals surface area (Å²) >= 11 is 0. The van der Waals surface area contributed by atoms with Crippen molar-refractivity contribution in [2.75, 3.05) is 0 Å². The Hall–Kier alpha value is -2.76. The van der Waals surface area contributed by atoms with Crippen LogP contribution in [-0.4, -0.2) is 28.1 Å². The molecule has 0 radical (unpaired) electrons. The van der Waals surface area contributed by atoms with E-state index in [1.54, 1.807) is 12.1 Å². The molecule has 0 saturated carbocycles. The number of hydrogen-bond acceptors (Lipinski definition) is 4. The Morgan fingerprint density at radius 3 is 2.45 bits per heavy atom. The van der Waals surface area contributed by atoms with Crippen LogP contribution in [-0.2, 0) is 11.2 Å². The molecule has 1 amide bonds. The SMILES string of the molecule is O=C(N[C@H](Cc1ccc(O)cc1)C(=O)O)c1ccoc1. The number of phenolic OH excluding ortho intramolecular Hbond substituents is 1. The zero-order valence-corrected chi connectivity index (χ0v) is 10.4. The topological polar surface area (TPSA) is 99.8 Å². The lowest BCUT2D eigenvalue weighted by molar-refractivity contribution is -0.139. The summed E-state index contributed by atoms with van der Waals surface area (Å²) in [6, 6.07) is 6.54. The van der Waals surface area contributed by atoms with Gasteiger partial charge in [-0.15, -0.1) is 0 Å². The molecule has 0 spiro atoms. The van der Waals surface area contributed by atoms with Crippen LogP contribution in [0.5, 0.6) is 5.75 Å². The normalized spacial score (nSPS) is 11.8. The summed E-state index contributed by atoms with van der Waals surface area (Å²) in [6.07, 6.45) is 2.71. The quantitative estimate of drug-likeness (QED) is 0.766. The molecule has 1 heterocycles. The summed E-state index contributed by atoms with van der Waals surface area (Å²) < 4.78 is 4.77. The molecule has 0 unspecified atom stereocenters. The molecule has 2 rings (SSSR count). The predicted molar refractivity (Wildman–Crippen MR) is 69.4 cm³/mol. The lowest BCUT2D eigenvalue weighted by Crippen LogP contribution is -2.42. The summed E-state index contributed by atoms with van der Waals surface area (Å²) in [5, 5.41) is 20.7. The molecule has 6 heteroatoms. The standard InChI is InChI=1S/C14H13NO5/c16-11-3-1-9(2-4-11)7-12(14(18)19)15-13(17)10-5-6-20-8-10/h1-6,8,12,16H,7H2,(H,15,17)(H,18,19)/t12-/m1/s1. The van der Waals surface area contributed by atoms with E-state index in [2.05, 4.69) is 5.32 Å². The van der Waals surface area contributed by atoms with Crippen LogP contribution < -0.4 is 5.32 Å². The largest absolute Gasteiger partial charge is 0.508 e. The number of rotatable bonds is 5. The zero-order valence-electron chi connectivity index (χ0n) is 10.4. The molecule has 104 valence electrons. The summed E-state index contributed by atoms with van der Waals surface area (Å²) in [4.78, 5) is 23.0. The van der Waals surface area contributed by atoms with Crippen molar-refractivity contribution in [2.24, 2.45) is 0 Å². The number of carbonyl (C=O) groups excluding carboxylic acids is 1. The van der Waals surface area contributed by atoms with Gasteiger partial charge in [-0.05, 0) is 23.8 Å². The number of amides is 1. The summed E-state index contributed by atoms with van der Waals surface area (Å²) in [6.45, 7) is 0. The number of carboxylic acid groups (broad SMARTS) is 1. The average molecular weight is 275 g/mol. The van der Waals surface area contributed by atoms with E-state index in [-0.39, 0.29) is 17.7 Å². The average Bonchev–Trinajstić information content (AvgIpc) is 2.94. The van der Waals surface area contributed by atoms with Crippen LogP contribution in [0, 0.1) is 0 Å². The van der Waals surface area contributed by atoms with Gasteiger partial charge in [-0.3, -0.25) is 4.79 Å². The fourth-order valence-electron chi connectivity index (χ4n) is 1.70. The maximum absolute atomic E-state index is 11.8. The second-order valence-corrected chi connectivity index (χ2v) is 4.25. The molecule has 0 aliphatic heterocycles. The van der Waals surface area contributed by atoms with Gasteiger partial charge in [-0.2, -0.15) is 0 Å². The van der Waals surface area contributed by atoms with Gasteiger partial charge in [0.1, 0.15) is 18.1 Å². The molecule has 2 aromatic rings. The Balaban J connectivity index is 2.06. The Morgan fingerprint density at radius 1 is 1.20 bits per heavy atom. The lowest BCUT2D eigenvalue weighted by Gasteiger charge is -2.14. The molecule has 0 bridgehead atoms. The third-order valence-electron chi connectivity index (χ3n) is 2.76. The van der Waals surface area contributed by atoms with Crippen molar-refractivity contribution in [2.45, 2.75) is 12.5 Å². The molecule has 0 aliphatic rings. The maximum atomic E-state index is 11.8. The van der Waals surface area contributed by atoms with Crippen molar-refractivity contribution < 1.29 is 24.2 Å². The van der Waals surface area contributed by atoms with Gasteiger partial charge in [0.05, 0.1) is 11.8 Å². The molecule has 1 aromatic heterocycles. The first-order valence-corrected chi connectivity index (χ1v) is 5.90. The van der Waals surface area contributed by atoms with E-state index < -0.39 is 17.9 Å². The van der Waals surface area contributed by atoms with E-state index in [0.717, 1.165) is 0 Å². The van der Waals surface area contributed by atoms with Gasteiger partial charge in [0, 0.05) is 6.42 Å². The molecule has 20 heavy (non-hydrogen) atoms. The van der Waals surface area contributed by atoms with E-state index in [1.807, 2.05) is 0 Å². The molecular weight excluding hydrogens is 262 g/mol. The van der Waals surface area contributed by atoms with Crippen LogP contribution in [0.25, 0.3) is 0 Å². The minimum Gasteiger partial charge on any atom is -0.508 e. The van der Waals surface area contributed by atoms with E-state index in [9.17, 15) is 14.7 Å². The van der Waals surface area contributed by atoms with Crippen molar-refractivity contribution >= 4 is 11.9 Å². The summed E-state index contributed by atoms with van der Waals surface area (Å²) in [7, 11) is 0. The number of carboxylic acids is 1. The molecule has 0 saturated heterocycles. The first-order chi connectivity index (χ1) is 9.56. The van der Waals surface area contributed by atoms with Gasteiger partial charge in [0.25, 0.3) is 5.91 Å². The minimum atomic E-state index is -1.13. The van der Waals surface area contributed by atoms with E-state index >= 15 is 0 Å². The molecule has 1 aromatic carbocycles. The Kier molecular flexibility index (Phi) is 4.05. The van der Waals surface area contributed by atoms with E-state index in [0.29, 0.717) is 5.56 Å². The first kappa shape index (κ1) is 13.7. The van der Waals surface area contributed by atoms with Crippen molar-refractivity contribution in [1.82, 2.24) is 5.32 Å². The van der Waals surface area contributed by atoms with Gasteiger partial charge in [0.15, 0.2) is 0 Å². The third kappa shape index (κ3) is 3.38. The Labute approximate surface area is 114 Å². The molecule has 1 atom stereocenters. The highest BCUT2D eigenvalue weighted by atomic mass is 16.4. The van der Waals surface area contributed by atoms with Crippen molar-refractivity contribution in [3.63, 3.8) is 0 Å². The molecular formula is C14H13NO5. The number of furan rings is 1. The van der Waals surface area contributed by atoms with Crippen LogP contribution in [0.15, 0.2) is 47.3 Å². The highest BCUT2D eigenvalue weighted by Crippen LogP contribution is 2.12. The fraction of sp³-hybridized carbons (Fsp3) is 0.143. The number of benzene rings is 1. The second kappa shape index (κ2) is 5.92.